The molecule has 0 atom stereocenters. The summed E-state index contributed by atoms with van der Waals surface area (Å²) in [6, 6.07) is 5.97. The Morgan fingerprint density at radius 1 is 1.14 bits per heavy atom. The molecule has 0 N–H and O–H groups in total. The molecule has 3 nitrogen and oxygen atoms in total. The molecule has 1 saturated carbocycles. The van der Waals surface area contributed by atoms with E-state index in [2.05, 4.69) is 6.92 Å². The first kappa shape index (κ1) is 15.9. The third-order valence-corrected chi connectivity index (χ3v) is 4.48. The van der Waals surface area contributed by atoms with Crippen molar-refractivity contribution in [1.29, 1.82) is 0 Å². The molecule has 0 bridgehead atoms. The number of rotatable bonds is 5. The molecule has 0 spiro atoms. The molecule has 0 aromatic heterocycles. The van der Waals surface area contributed by atoms with Gasteiger partial charge in [0.2, 0.25) is 0 Å². The monoisotopic (exact) mass is 290 g/mol. The van der Waals surface area contributed by atoms with Crippen LogP contribution in [0.3, 0.4) is 0 Å². The van der Waals surface area contributed by atoms with Gasteiger partial charge in [-0.3, -0.25) is 0 Å². The molecule has 0 saturated heterocycles. The molecule has 116 valence electrons. The number of esters is 1. The summed E-state index contributed by atoms with van der Waals surface area (Å²) in [5, 5.41) is 0. The zero-order valence-corrected chi connectivity index (χ0v) is 13.4. The Kier molecular flexibility index (Phi) is 5.27. The molecule has 3 heteroatoms. The van der Waals surface area contributed by atoms with Gasteiger partial charge in [-0.1, -0.05) is 31.5 Å². The van der Waals surface area contributed by atoms with Gasteiger partial charge in [0.25, 0.3) is 0 Å². The predicted molar refractivity (Wildman–Crippen MR) is 83.6 cm³/mol. The van der Waals surface area contributed by atoms with E-state index in [-0.39, 0.29) is 18.2 Å². The van der Waals surface area contributed by atoms with Gasteiger partial charge in [-0.05, 0) is 57.1 Å². The fourth-order valence-electron chi connectivity index (χ4n) is 3.15. The second-order valence-corrected chi connectivity index (χ2v) is 6.08. The maximum Gasteiger partial charge on any atom is 0.344 e. The summed E-state index contributed by atoms with van der Waals surface area (Å²) < 4.78 is 11.5. The number of hydrogen-bond acceptors (Lipinski definition) is 3. The highest BCUT2D eigenvalue weighted by atomic mass is 16.6. The minimum absolute atomic E-state index is 0.00650. The van der Waals surface area contributed by atoms with Crippen LogP contribution < -0.4 is 4.74 Å². The largest absolute Gasteiger partial charge is 0.481 e. The van der Waals surface area contributed by atoms with Crippen LogP contribution in [0.4, 0.5) is 0 Å². The molecule has 0 aliphatic heterocycles. The van der Waals surface area contributed by atoms with Crippen LogP contribution in [0.5, 0.6) is 5.75 Å². The summed E-state index contributed by atoms with van der Waals surface area (Å²) in [4.78, 5) is 12.1. The highest BCUT2D eigenvalue weighted by molar-refractivity contribution is 5.71. The van der Waals surface area contributed by atoms with Crippen LogP contribution in [-0.4, -0.2) is 18.2 Å². The summed E-state index contributed by atoms with van der Waals surface area (Å²) >= 11 is 0. The van der Waals surface area contributed by atoms with Crippen LogP contribution in [0.2, 0.25) is 0 Å². The van der Waals surface area contributed by atoms with Gasteiger partial charge in [0.1, 0.15) is 11.4 Å². The zero-order valence-electron chi connectivity index (χ0n) is 13.4. The van der Waals surface area contributed by atoms with Gasteiger partial charge in [0.05, 0.1) is 0 Å². The SMILES string of the molecule is CCC1(OC(=O)COc2c(C)cccc2C)CCCCC1. The van der Waals surface area contributed by atoms with Gasteiger partial charge in [0, 0.05) is 0 Å². The lowest BCUT2D eigenvalue weighted by atomic mass is 9.83. The molecule has 0 heterocycles. The Morgan fingerprint density at radius 2 is 1.76 bits per heavy atom. The van der Waals surface area contributed by atoms with E-state index in [1.807, 2.05) is 32.0 Å². The van der Waals surface area contributed by atoms with Gasteiger partial charge in [-0.2, -0.15) is 0 Å². The third-order valence-electron chi connectivity index (χ3n) is 4.48. The Balaban J connectivity index is 1.92. The van der Waals surface area contributed by atoms with Crippen LogP contribution in [0, 0.1) is 13.8 Å². The maximum atomic E-state index is 12.1. The second kappa shape index (κ2) is 6.97. The molecule has 1 fully saturated rings. The molecule has 1 aromatic rings. The summed E-state index contributed by atoms with van der Waals surface area (Å²) in [6.07, 6.45) is 6.41. The van der Waals surface area contributed by atoms with Crippen molar-refractivity contribution in [3.63, 3.8) is 0 Å². The van der Waals surface area contributed by atoms with Crippen molar-refractivity contribution >= 4 is 5.97 Å². The van der Waals surface area contributed by atoms with E-state index in [0.29, 0.717) is 0 Å². The molecule has 0 unspecified atom stereocenters. The summed E-state index contributed by atoms with van der Waals surface area (Å²) in [7, 11) is 0. The average Bonchev–Trinajstić information content (AvgIpc) is 2.47. The van der Waals surface area contributed by atoms with Crippen molar-refractivity contribution in [3.05, 3.63) is 29.3 Å². The summed E-state index contributed by atoms with van der Waals surface area (Å²) in [5.41, 5.74) is 1.84. The Bertz CT molecular complexity index is 467. The molecule has 2 rings (SSSR count). The van der Waals surface area contributed by atoms with Crippen molar-refractivity contribution in [2.75, 3.05) is 6.61 Å². The summed E-state index contributed by atoms with van der Waals surface area (Å²) in [6.45, 7) is 6.07. The van der Waals surface area contributed by atoms with E-state index in [9.17, 15) is 4.79 Å². The van der Waals surface area contributed by atoms with E-state index >= 15 is 0 Å². The number of carbonyl (C=O) groups is 1. The molecule has 0 amide bonds. The predicted octanol–water partition coefficient (Wildman–Crippen LogP) is 4.34. The number of carbonyl (C=O) groups excluding carboxylic acids is 1. The van der Waals surface area contributed by atoms with Crippen molar-refractivity contribution in [3.8, 4) is 5.75 Å². The standard InChI is InChI=1S/C18H26O3/c1-4-18(11-6-5-7-12-18)21-16(19)13-20-17-14(2)9-8-10-15(17)3/h8-10H,4-7,11-13H2,1-3H3. The third kappa shape index (κ3) is 3.99. The van der Waals surface area contributed by atoms with E-state index in [4.69, 9.17) is 9.47 Å². The first-order valence-electron chi connectivity index (χ1n) is 7.97. The highest BCUT2D eigenvalue weighted by Crippen LogP contribution is 2.34. The lowest BCUT2D eigenvalue weighted by Gasteiger charge is -2.35. The smallest absolute Gasteiger partial charge is 0.344 e. The number of benzene rings is 1. The lowest BCUT2D eigenvalue weighted by molar-refractivity contribution is -0.166. The topological polar surface area (TPSA) is 35.5 Å². The van der Waals surface area contributed by atoms with Crippen LogP contribution in [-0.2, 0) is 9.53 Å². The Labute approximate surface area is 127 Å². The quantitative estimate of drug-likeness (QED) is 0.757. The first-order chi connectivity index (χ1) is 10.1. The highest BCUT2D eigenvalue weighted by Gasteiger charge is 2.34. The van der Waals surface area contributed by atoms with Gasteiger partial charge >= 0.3 is 5.97 Å². The molecular weight excluding hydrogens is 264 g/mol. The Morgan fingerprint density at radius 3 is 2.33 bits per heavy atom. The van der Waals surface area contributed by atoms with Gasteiger partial charge in [-0.15, -0.1) is 0 Å². The first-order valence-corrected chi connectivity index (χ1v) is 7.97. The van der Waals surface area contributed by atoms with Gasteiger partial charge in [-0.25, -0.2) is 4.79 Å². The van der Waals surface area contributed by atoms with Crippen LogP contribution in [0.25, 0.3) is 0 Å². The average molecular weight is 290 g/mol. The van der Waals surface area contributed by atoms with Crippen LogP contribution >= 0.6 is 0 Å². The Hall–Kier alpha value is -1.51. The van der Waals surface area contributed by atoms with Gasteiger partial charge in [0.15, 0.2) is 6.61 Å². The molecule has 21 heavy (non-hydrogen) atoms. The van der Waals surface area contributed by atoms with Gasteiger partial charge < -0.3 is 9.47 Å². The van der Waals surface area contributed by atoms with E-state index in [1.165, 1.54) is 6.42 Å². The van der Waals surface area contributed by atoms with Crippen LogP contribution in [0.15, 0.2) is 18.2 Å². The van der Waals surface area contributed by atoms with Crippen LogP contribution in [0.1, 0.15) is 56.6 Å². The van der Waals surface area contributed by atoms with E-state index in [1.54, 1.807) is 0 Å². The zero-order chi connectivity index (χ0) is 15.3. The van der Waals surface area contributed by atoms with Crippen molar-refractivity contribution < 1.29 is 14.3 Å². The second-order valence-electron chi connectivity index (χ2n) is 6.08. The molecular formula is C18H26O3. The minimum Gasteiger partial charge on any atom is -0.481 e. The lowest BCUT2D eigenvalue weighted by Crippen LogP contribution is -2.38. The molecule has 1 aromatic carbocycles. The van der Waals surface area contributed by atoms with Crippen molar-refractivity contribution in [2.45, 2.75) is 64.9 Å². The van der Waals surface area contributed by atoms with Crippen molar-refractivity contribution in [2.24, 2.45) is 0 Å². The number of ether oxygens (including phenoxy) is 2. The number of hydrogen-bond donors (Lipinski definition) is 0. The minimum atomic E-state index is -0.251. The number of para-hydroxylation sites is 1. The molecule has 0 radical (unpaired) electrons. The summed E-state index contributed by atoms with van der Waals surface area (Å²) in [5.74, 6) is 0.546. The number of aryl methyl sites for hydroxylation is 2. The van der Waals surface area contributed by atoms with E-state index < -0.39 is 0 Å². The van der Waals surface area contributed by atoms with Crippen molar-refractivity contribution in [1.82, 2.24) is 0 Å². The molecule has 1 aliphatic rings. The normalized spacial score (nSPS) is 17.3. The fourth-order valence-corrected chi connectivity index (χ4v) is 3.15. The maximum absolute atomic E-state index is 12.1. The van der Waals surface area contributed by atoms with E-state index in [0.717, 1.165) is 49.0 Å². The molecule has 1 aliphatic carbocycles. The fraction of sp³-hybridized carbons (Fsp3) is 0.611.